The van der Waals surface area contributed by atoms with E-state index in [1.54, 1.807) is 0 Å². The van der Waals surface area contributed by atoms with Crippen LogP contribution in [-0.2, 0) is 9.53 Å². The minimum Gasteiger partial charge on any atom is -0.371 e. The van der Waals surface area contributed by atoms with Crippen molar-refractivity contribution in [2.75, 3.05) is 6.61 Å². The molecule has 0 radical (unpaired) electrons. The number of rotatable bonds is 6. The summed E-state index contributed by atoms with van der Waals surface area (Å²) in [7, 11) is 0. The average Bonchev–Trinajstić information content (AvgIpc) is 2.35. The molecule has 1 rings (SSSR count). The summed E-state index contributed by atoms with van der Waals surface area (Å²) in [4.78, 5) is 12.3. The van der Waals surface area contributed by atoms with Crippen molar-refractivity contribution in [2.24, 2.45) is 11.8 Å². The third-order valence-electron chi connectivity index (χ3n) is 3.82. The number of hydrogen-bond acceptors (Lipinski definition) is 2. The molecule has 1 fully saturated rings. The van der Waals surface area contributed by atoms with Gasteiger partial charge in [0.05, 0.1) is 0 Å². The summed E-state index contributed by atoms with van der Waals surface area (Å²) in [5.41, 5.74) is 0. The second kappa shape index (κ2) is 7.05. The Bertz CT molecular complexity index is 213. The van der Waals surface area contributed by atoms with Crippen LogP contribution < -0.4 is 0 Å². The van der Waals surface area contributed by atoms with Crippen LogP contribution in [0.5, 0.6) is 0 Å². The molecule has 0 aliphatic heterocycles. The van der Waals surface area contributed by atoms with E-state index >= 15 is 0 Å². The molecular weight excluding hydrogens is 200 g/mol. The second-order valence-corrected chi connectivity index (χ2v) is 4.89. The summed E-state index contributed by atoms with van der Waals surface area (Å²) in [5, 5.41) is 0. The minimum absolute atomic E-state index is 0.148. The summed E-state index contributed by atoms with van der Waals surface area (Å²) >= 11 is 0. The third kappa shape index (κ3) is 3.58. The molecule has 0 heterocycles. The molecule has 1 aliphatic rings. The van der Waals surface area contributed by atoms with E-state index in [0.29, 0.717) is 12.4 Å². The van der Waals surface area contributed by atoms with Crippen molar-refractivity contribution in [3.63, 3.8) is 0 Å². The monoisotopic (exact) mass is 226 g/mol. The van der Waals surface area contributed by atoms with Crippen LogP contribution in [0.3, 0.4) is 0 Å². The number of ketones is 1. The van der Waals surface area contributed by atoms with Gasteiger partial charge in [0, 0.05) is 12.5 Å². The molecule has 0 amide bonds. The Labute approximate surface area is 99.8 Å². The van der Waals surface area contributed by atoms with E-state index < -0.39 is 0 Å². The lowest BCUT2D eigenvalue weighted by molar-refractivity contribution is -0.136. The third-order valence-corrected chi connectivity index (χ3v) is 3.82. The van der Waals surface area contributed by atoms with Crippen LogP contribution in [0.4, 0.5) is 0 Å². The van der Waals surface area contributed by atoms with Gasteiger partial charge in [0.1, 0.15) is 6.10 Å². The predicted molar refractivity (Wildman–Crippen MR) is 66.5 cm³/mol. The summed E-state index contributed by atoms with van der Waals surface area (Å²) in [6.07, 6.45) is 6.60. The smallest absolute Gasteiger partial charge is 0.164 e. The maximum Gasteiger partial charge on any atom is 0.164 e. The molecule has 94 valence electrons. The quantitative estimate of drug-likeness (QED) is 0.692. The van der Waals surface area contributed by atoms with Crippen LogP contribution in [0.15, 0.2) is 0 Å². The van der Waals surface area contributed by atoms with Crippen molar-refractivity contribution in [2.45, 2.75) is 65.4 Å². The van der Waals surface area contributed by atoms with Crippen LogP contribution in [-0.4, -0.2) is 18.5 Å². The van der Waals surface area contributed by atoms with Crippen molar-refractivity contribution in [1.29, 1.82) is 0 Å². The van der Waals surface area contributed by atoms with Crippen molar-refractivity contribution in [3.05, 3.63) is 0 Å². The first-order valence-corrected chi connectivity index (χ1v) is 6.88. The molecule has 0 N–H and O–H groups in total. The second-order valence-electron chi connectivity index (χ2n) is 4.89. The van der Waals surface area contributed by atoms with Gasteiger partial charge >= 0.3 is 0 Å². The Morgan fingerprint density at radius 2 is 2.06 bits per heavy atom. The van der Waals surface area contributed by atoms with Crippen LogP contribution in [0, 0.1) is 11.8 Å². The van der Waals surface area contributed by atoms with Gasteiger partial charge in [-0.2, -0.15) is 0 Å². The van der Waals surface area contributed by atoms with Gasteiger partial charge in [0.15, 0.2) is 5.78 Å². The number of Topliss-reactive ketones (excluding diaryl/α,β-unsaturated/α-hetero) is 1. The molecule has 0 aromatic heterocycles. The lowest BCUT2D eigenvalue weighted by Crippen LogP contribution is -2.33. The molecule has 0 aromatic carbocycles. The maximum absolute atomic E-state index is 12.3. The Morgan fingerprint density at radius 3 is 2.62 bits per heavy atom. The van der Waals surface area contributed by atoms with Gasteiger partial charge in [0.25, 0.3) is 0 Å². The molecule has 1 aliphatic carbocycles. The number of carbonyl (C=O) groups excluding carboxylic acids is 1. The van der Waals surface area contributed by atoms with Gasteiger partial charge in [-0.15, -0.1) is 0 Å². The van der Waals surface area contributed by atoms with E-state index in [9.17, 15) is 4.79 Å². The van der Waals surface area contributed by atoms with Crippen molar-refractivity contribution >= 4 is 5.78 Å². The zero-order valence-corrected chi connectivity index (χ0v) is 11.0. The zero-order chi connectivity index (χ0) is 12.0. The highest BCUT2D eigenvalue weighted by atomic mass is 16.5. The first-order chi connectivity index (χ1) is 7.72. The molecule has 2 heteroatoms. The zero-order valence-electron chi connectivity index (χ0n) is 11.0. The Balaban J connectivity index is 2.51. The first kappa shape index (κ1) is 13.7. The molecule has 0 saturated heterocycles. The highest BCUT2D eigenvalue weighted by molar-refractivity contribution is 5.85. The Kier molecular flexibility index (Phi) is 6.04. The van der Waals surface area contributed by atoms with Gasteiger partial charge in [-0.1, -0.05) is 33.1 Å². The fourth-order valence-corrected chi connectivity index (χ4v) is 2.79. The van der Waals surface area contributed by atoms with Gasteiger partial charge in [0.2, 0.25) is 0 Å². The molecule has 1 saturated carbocycles. The fraction of sp³-hybridized carbons (Fsp3) is 0.929. The molecule has 3 atom stereocenters. The summed E-state index contributed by atoms with van der Waals surface area (Å²) < 4.78 is 5.53. The van der Waals surface area contributed by atoms with E-state index in [-0.39, 0.29) is 12.0 Å². The largest absolute Gasteiger partial charge is 0.371 e. The van der Waals surface area contributed by atoms with Gasteiger partial charge in [-0.05, 0) is 32.1 Å². The molecule has 16 heavy (non-hydrogen) atoms. The number of ether oxygens (including phenoxy) is 1. The van der Waals surface area contributed by atoms with Crippen LogP contribution >= 0.6 is 0 Å². The molecule has 0 aromatic rings. The van der Waals surface area contributed by atoms with Crippen LogP contribution in [0.1, 0.15) is 59.3 Å². The average molecular weight is 226 g/mol. The lowest BCUT2D eigenvalue weighted by Gasteiger charge is -2.29. The van der Waals surface area contributed by atoms with E-state index in [1.807, 2.05) is 13.8 Å². The van der Waals surface area contributed by atoms with Crippen molar-refractivity contribution < 1.29 is 9.53 Å². The predicted octanol–water partition coefficient (Wildman–Crippen LogP) is 3.59. The number of hydrogen-bond donors (Lipinski definition) is 0. The van der Waals surface area contributed by atoms with E-state index in [4.69, 9.17) is 4.74 Å². The van der Waals surface area contributed by atoms with Gasteiger partial charge in [-0.3, -0.25) is 4.79 Å². The molecular formula is C14H26O2. The van der Waals surface area contributed by atoms with Gasteiger partial charge < -0.3 is 4.74 Å². The first-order valence-electron chi connectivity index (χ1n) is 6.88. The van der Waals surface area contributed by atoms with Crippen molar-refractivity contribution in [1.82, 2.24) is 0 Å². The maximum atomic E-state index is 12.3. The molecule has 2 nitrogen and oxygen atoms in total. The summed E-state index contributed by atoms with van der Waals surface area (Å²) in [6, 6.07) is 0. The molecule has 3 unspecified atom stereocenters. The lowest BCUT2D eigenvalue weighted by atomic mass is 9.77. The topological polar surface area (TPSA) is 26.3 Å². The normalized spacial score (nSPS) is 27.7. The van der Waals surface area contributed by atoms with E-state index in [2.05, 4.69) is 6.92 Å². The minimum atomic E-state index is -0.148. The molecule has 0 spiro atoms. The van der Waals surface area contributed by atoms with Gasteiger partial charge in [-0.25, -0.2) is 0 Å². The Morgan fingerprint density at radius 1 is 1.31 bits per heavy atom. The summed E-state index contributed by atoms with van der Waals surface area (Å²) in [6.45, 7) is 6.88. The highest BCUT2D eigenvalue weighted by Crippen LogP contribution is 2.32. The van der Waals surface area contributed by atoms with Crippen LogP contribution in [0.2, 0.25) is 0 Å². The summed E-state index contributed by atoms with van der Waals surface area (Å²) in [5.74, 6) is 1.40. The Hall–Kier alpha value is -0.370. The van der Waals surface area contributed by atoms with E-state index in [1.165, 1.54) is 19.3 Å². The fourth-order valence-electron chi connectivity index (χ4n) is 2.79. The standard InChI is InChI=1S/C14H26O2/c1-4-11-8-7-9-12(10-11)14(15)13(5-2)16-6-3/h11-13H,4-10H2,1-3H3. The van der Waals surface area contributed by atoms with E-state index in [0.717, 1.165) is 25.2 Å². The number of carbonyl (C=O) groups is 1. The SMILES string of the molecule is CCOC(CC)C(=O)C1CCCC(CC)C1. The highest BCUT2D eigenvalue weighted by Gasteiger charge is 2.30. The van der Waals surface area contributed by atoms with Crippen molar-refractivity contribution in [3.8, 4) is 0 Å². The molecule has 0 bridgehead atoms. The van der Waals surface area contributed by atoms with Crippen LogP contribution in [0.25, 0.3) is 0 Å².